The van der Waals surface area contributed by atoms with Gasteiger partial charge in [0.15, 0.2) is 0 Å². The van der Waals surface area contributed by atoms with Crippen molar-refractivity contribution in [1.29, 1.82) is 0 Å². The fraction of sp³-hybridized carbons (Fsp3) is 0.929. The number of nitrogens with zero attached hydrogens (tertiary/aromatic N) is 2. The maximum absolute atomic E-state index is 11.9. The van der Waals surface area contributed by atoms with E-state index in [4.69, 9.17) is 5.73 Å². The topological polar surface area (TPSA) is 61.6 Å². The third kappa shape index (κ3) is 4.44. The third-order valence-corrected chi connectivity index (χ3v) is 4.43. The van der Waals surface area contributed by atoms with Gasteiger partial charge in [-0.3, -0.25) is 4.79 Å². The Kier molecular flexibility index (Phi) is 5.19. The minimum Gasteiger partial charge on any atom is -0.353 e. The number of rotatable bonds is 7. The second-order valence-corrected chi connectivity index (χ2v) is 6.15. The summed E-state index contributed by atoms with van der Waals surface area (Å²) in [6.07, 6.45) is 5.35. The monoisotopic (exact) mass is 268 g/mol. The first kappa shape index (κ1) is 14.8. The molecule has 1 saturated carbocycles. The Morgan fingerprint density at radius 1 is 1.47 bits per heavy atom. The standard InChI is InChI=1S/C14H28N4O/c1-17-7-3-4-12(17)10-18(2)13(9-15)8-14(19)16-11-5-6-11/h11-13H,3-10,15H2,1-2H3,(H,16,19). The van der Waals surface area contributed by atoms with Gasteiger partial charge in [-0.1, -0.05) is 0 Å². The minimum absolute atomic E-state index is 0.157. The van der Waals surface area contributed by atoms with E-state index in [1.807, 2.05) is 0 Å². The molecular formula is C14H28N4O. The SMILES string of the molecule is CN1CCCC1CN(C)C(CN)CC(=O)NC1CC1. The molecule has 0 spiro atoms. The van der Waals surface area contributed by atoms with Crippen LogP contribution in [0, 0.1) is 0 Å². The van der Waals surface area contributed by atoms with Gasteiger partial charge >= 0.3 is 0 Å². The molecule has 19 heavy (non-hydrogen) atoms. The first-order valence-corrected chi connectivity index (χ1v) is 7.50. The summed E-state index contributed by atoms with van der Waals surface area (Å²) < 4.78 is 0. The molecule has 5 heteroatoms. The van der Waals surface area contributed by atoms with E-state index >= 15 is 0 Å². The Morgan fingerprint density at radius 2 is 2.21 bits per heavy atom. The molecule has 110 valence electrons. The molecule has 1 aliphatic heterocycles. The molecule has 1 amide bonds. The van der Waals surface area contributed by atoms with E-state index in [-0.39, 0.29) is 11.9 Å². The van der Waals surface area contributed by atoms with Crippen LogP contribution in [-0.2, 0) is 4.79 Å². The lowest BCUT2D eigenvalue weighted by Gasteiger charge is -2.31. The molecule has 0 bridgehead atoms. The van der Waals surface area contributed by atoms with Crippen LogP contribution >= 0.6 is 0 Å². The Hall–Kier alpha value is -0.650. The summed E-state index contributed by atoms with van der Waals surface area (Å²) in [5.74, 6) is 0.157. The van der Waals surface area contributed by atoms with E-state index in [9.17, 15) is 4.79 Å². The van der Waals surface area contributed by atoms with E-state index in [2.05, 4.69) is 29.2 Å². The summed E-state index contributed by atoms with van der Waals surface area (Å²) in [6, 6.07) is 1.22. The number of nitrogens with two attached hydrogens (primary N) is 1. The largest absolute Gasteiger partial charge is 0.353 e. The summed E-state index contributed by atoms with van der Waals surface area (Å²) in [5.41, 5.74) is 5.84. The van der Waals surface area contributed by atoms with Gasteiger partial charge in [0.1, 0.15) is 0 Å². The molecule has 2 unspecified atom stereocenters. The van der Waals surface area contributed by atoms with Crippen LogP contribution < -0.4 is 11.1 Å². The second kappa shape index (κ2) is 6.68. The number of amides is 1. The zero-order valence-electron chi connectivity index (χ0n) is 12.3. The van der Waals surface area contributed by atoms with Crippen molar-refractivity contribution in [2.24, 2.45) is 5.73 Å². The molecule has 0 aromatic rings. The van der Waals surface area contributed by atoms with Crippen LogP contribution in [0.3, 0.4) is 0 Å². The number of hydrogen-bond acceptors (Lipinski definition) is 4. The van der Waals surface area contributed by atoms with Crippen LogP contribution in [0.25, 0.3) is 0 Å². The van der Waals surface area contributed by atoms with Gasteiger partial charge in [-0.05, 0) is 46.3 Å². The summed E-state index contributed by atoms with van der Waals surface area (Å²) in [4.78, 5) is 16.5. The maximum atomic E-state index is 11.9. The molecule has 2 fully saturated rings. The van der Waals surface area contributed by atoms with Crippen molar-refractivity contribution in [3.8, 4) is 0 Å². The fourth-order valence-electron chi connectivity index (χ4n) is 2.84. The van der Waals surface area contributed by atoms with E-state index in [0.29, 0.717) is 25.0 Å². The predicted molar refractivity (Wildman–Crippen MR) is 76.9 cm³/mol. The van der Waals surface area contributed by atoms with E-state index < -0.39 is 0 Å². The van der Waals surface area contributed by atoms with Gasteiger partial charge in [-0.2, -0.15) is 0 Å². The highest BCUT2D eigenvalue weighted by molar-refractivity contribution is 5.77. The van der Waals surface area contributed by atoms with Crippen molar-refractivity contribution in [3.63, 3.8) is 0 Å². The Bertz CT molecular complexity index is 306. The first-order valence-electron chi connectivity index (χ1n) is 7.50. The smallest absolute Gasteiger partial charge is 0.221 e. The lowest BCUT2D eigenvalue weighted by atomic mass is 10.1. The van der Waals surface area contributed by atoms with Gasteiger partial charge in [0.25, 0.3) is 0 Å². The summed E-state index contributed by atoms with van der Waals surface area (Å²) in [6.45, 7) is 2.74. The number of hydrogen-bond donors (Lipinski definition) is 2. The highest BCUT2D eigenvalue weighted by Gasteiger charge is 2.27. The van der Waals surface area contributed by atoms with Crippen LogP contribution in [0.1, 0.15) is 32.1 Å². The molecule has 1 saturated heterocycles. The highest BCUT2D eigenvalue weighted by atomic mass is 16.1. The number of carbonyl (C=O) groups excluding carboxylic acids is 1. The second-order valence-electron chi connectivity index (χ2n) is 6.15. The number of likely N-dealkylation sites (N-methyl/N-ethyl adjacent to an activating group) is 2. The molecule has 2 atom stereocenters. The van der Waals surface area contributed by atoms with Crippen LogP contribution in [0.2, 0.25) is 0 Å². The molecule has 0 aromatic carbocycles. The number of likely N-dealkylation sites (tertiary alicyclic amines) is 1. The molecule has 3 N–H and O–H groups in total. The minimum atomic E-state index is 0.157. The van der Waals surface area contributed by atoms with Gasteiger partial charge in [0, 0.05) is 37.6 Å². The van der Waals surface area contributed by atoms with Crippen molar-refractivity contribution in [2.75, 3.05) is 33.7 Å². The normalized spacial score (nSPS) is 25.8. The molecule has 1 heterocycles. The number of nitrogens with one attached hydrogen (secondary N) is 1. The van der Waals surface area contributed by atoms with Gasteiger partial charge in [0.2, 0.25) is 5.91 Å². The quantitative estimate of drug-likeness (QED) is 0.683. The first-order chi connectivity index (χ1) is 9.10. The van der Waals surface area contributed by atoms with Crippen molar-refractivity contribution in [2.45, 2.75) is 50.2 Å². The average Bonchev–Trinajstić information content (AvgIpc) is 3.09. The fourth-order valence-corrected chi connectivity index (χ4v) is 2.84. The Balaban J connectivity index is 1.76. The van der Waals surface area contributed by atoms with E-state index in [1.165, 1.54) is 19.4 Å². The van der Waals surface area contributed by atoms with Crippen LogP contribution in [0.5, 0.6) is 0 Å². The van der Waals surface area contributed by atoms with Crippen molar-refractivity contribution in [1.82, 2.24) is 15.1 Å². The van der Waals surface area contributed by atoms with Crippen LogP contribution in [-0.4, -0.2) is 67.6 Å². The average molecular weight is 268 g/mol. The molecule has 2 aliphatic rings. The van der Waals surface area contributed by atoms with Crippen molar-refractivity contribution in [3.05, 3.63) is 0 Å². The van der Waals surface area contributed by atoms with Gasteiger partial charge in [-0.15, -0.1) is 0 Å². The van der Waals surface area contributed by atoms with Crippen molar-refractivity contribution < 1.29 is 4.79 Å². The summed E-state index contributed by atoms with van der Waals surface area (Å²) in [5, 5.41) is 3.04. The predicted octanol–water partition coefficient (Wildman–Crippen LogP) is 0.00840. The molecule has 5 nitrogen and oxygen atoms in total. The molecule has 0 radical (unpaired) electrons. The lowest BCUT2D eigenvalue weighted by Crippen LogP contribution is -2.46. The molecule has 1 aliphatic carbocycles. The third-order valence-electron chi connectivity index (χ3n) is 4.43. The Morgan fingerprint density at radius 3 is 2.74 bits per heavy atom. The van der Waals surface area contributed by atoms with Crippen molar-refractivity contribution >= 4 is 5.91 Å². The van der Waals surface area contributed by atoms with Gasteiger partial charge in [0.05, 0.1) is 0 Å². The summed E-state index contributed by atoms with van der Waals surface area (Å²) >= 11 is 0. The van der Waals surface area contributed by atoms with E-state index in [0.717, 1.165) is 19.4 Å². The van der Waals surface area contributed by atoms with Gasteiger partial charge in [-0.25, -0.2) is 0 Å². The van der Waals surface area contributed by atoms with Crippen LogP contribution in [0.15, 0.2) is 0 Å². The molecular weight excluding hydrogens is 240 g/mol. The highest BCUT2D eigenvalue weighted by Crippen LogP contribution is 2.19. The number of carbonyl (C=O) groups is 1. The zero-order valence-corrected chi connectivity index (χ0v) is 12.3. The van der Waals surface area contributed by atoms with Gasteiger partial charge < -0.3 is 20.9 Å². The zero-order chi connectivity index (χ0) is 13.8. The van der Waals surface area contributed by atoms with Crippen LogP contribution in [0.4, 0.5) is 0 Å². The Labute approximate surface area is 116 Å². The maximum Gasteiger partial charge on any atom is 0.221 e. The van der Waals surface area contributed by atoms with E-state index in [1.54, 1.807) is 0 Å². The molecule has 0 aromatic heterocycles. The lowest BCUT2D eigenvalue weighted by molar-refractivity contribution is -0.122. The molecule has 2 rings (SSSR count). The summed E-state index contributed by atoms with van der Waals surface area (Å²) in [7, 11) is 4.27.